The molecule has 2 aromatic carbocycles. The van der Waals surface area contributed by atoms with Gasteiger partial charge in [0.2, 0.25) is 0 Å². The summed E-state index contributed by atoms with van der Waals surface area (Å²) in [5.74, 6) is 0.226. The number of hydrogen-bond acceptors (Lipinski definition) is 4. The fourth-order valence-electron chi connectivity index (χ4n) is 3.30. The van der Waals surface area contributed by atoms with Gasteiger partial charge < -0.3 is 4.90 Å². The zero-order valence-corrected chi connectivity index (χ0v) is 17.1. The predicted molar refractivity (Wildman–Crippen MR) is 116 cm³/mol. The molecule has 4 rings (SSSR count). The minimum absolute atomic E-state index is 0.239. The molecule has 0 saturated heterocycles. The smallest absolute Gasteiger partial charge is 0.278 e. The van der Waals surface area contributed by atoms with Gasteiger partial charge in [0, 0.05) is 24.5 Å². The van der Waals surface area contributed by atoms with Crippen LogP contribution in [0.25, 0.3) is 16.9 Å². The van der Waals surface area contributed by atoms with E-state index in [0.29, 0.717) is 28.5 Å². The molecule has 6 nitrogen and oxygen atoms in total. The second-order valence-electron chi connectivity index (χ2n) is 7.44. The molecular weight excluding hydrogens is 374 g/mol. The van der Waals surface area contributed by atoms with Crippen LogP contribution < -0.4 is 4.90 Å². The molecule has 0 bridgehead atoms. The Bertz CT molecular complexity index is 1250. The average molecular weight is 395 g/mol. The molecule has 30 heavy (non-hydrogen) atoms. The summed E-state index contributed by atoms with van der Waals surface area (Å²) in [6.07, 6.45) is 5.11. The first kappa shape index (κ1) is 19.3. The lowest BCUT2D eigenvalue weighted by Gasteiger charge is -2.17. The number of imidazole rings is 1. The van der Waals surface area contributed by atoms with Gasteiger partial charge in [0.05, 0.1) is 29.7 Å². The van der Waals surface area contributed by atoms with E-state index < -0.39 is 0 Å². The number of carbonyl (C=O) groups is 1. The monoisotopic (exact) mass is 395 g/mol. The fraction of sp³-hybridized carbons (Fsp3) is 0.167. The van der Waals surface area contributed by atoms with Crippen molar-refractivity contribution < 1.29 is 4.79 Å². The molecule has 0 atom stereocenters. The number of anilines is 1. The number of nitrogens with zero attached hydrogens (tertiary/aromatic N) is 5. The Labute approximate surface area is 175 Å². The Hall–Kier alpha value is -3.98. The number of nitriles is 1. The van der Waals surface area contributed by atoms with Crippen molar-refractivity contribution in [2.45, 2.75) is 19.8 Å². The van der Waals surface area contributed by atoms with E-state index in [-0.39, 0.29) is 5.91 Å². The molecule has 0 fully saturated rings. The molecular formula is C24H21N5O. The molecule has 6 heteroatoms. The van der Waals surface area contributed by atoms with Gasteiger partial charge in [0.25, 0.3) is 5.91 Å². The van der Waals surface area contributed by atoms with E-state index in [4.69, 9.17) is 5.26 Å². The molecule has 0 spiro atoms. The molecule has 4 aromatic rings. The zero-order chi connectivity index (χ0) is 21.3. The van der Waals surface area contributed by atoms with Crippen molar-refractivity contribution in [1.29, 1.82) is 5.26 Å². The summed E-state index contributed by atoms with van der Waals surface area (Å²) in [6.45, 7) is 4.33. The maximum absolute atomic E-state index is 13.0. The molecule has 1 amide bonds. The van der Waals surface area contributed by atoms with Crippen LogP contribution >= 0.6 is 0 Å². The minimum atomic E-state index is -0.239. The van der Waals surface area contributed by atoms with Crippen LogP contribution in [0.3, 0.4) is 0 Å². The lowest BCUT2D eigenvalue weighted by Crippen LogP contribution is -2.27. The van der Waals surface area contributed by atoms with Gasteiger partial charge in [-0.3, -0.25) is 9.20 Å². The Balaban J connectivity index is 1.68. The van der Waals surface area contributed by atoms with Crippen LogP contribution in [-0.4, -0.2) is 27.3 Å². The number of hydrogen-bond donors (Lipinski definition) is 0. The molecule has 0 aliphatic carbocycles. The number of amides is 1. The molecule has 0 unspecified atom stereocenters. The van der Waals surface area contributed by atoms with Gasteiger partial charge in [0.1, 0.15) is 5.69 Å². The molecule has 2 aromatic heterocycles. The SMILES string of the molecule is CC(C)c1ccc(-c2cnc3cnc(C(=O)N(C)c4ccc(C#N)cc4)cn23)cc1. The first-order valence-electron chi connectivity index (χ1n) is 9.69. The summed E-state index contributed by atoms with van der Waals surface area (Å²) in [5, 5.41) is 8.95. The molecule has 0 aliphatic rings. The topological polar surface area (TPSA) is 74.3 Å². The summed E-state index contributed by atoms with van der Waals surface area (Å²) in [4.78, 5) is 23.2. The van der Waals surface area contributed by atoms with Crippen molar-refractivity contribution in [3.05, 3.63) is 83.9 Å². The number of fused-ring (bicyclic) bond motifs is 1. The molecule has 0 saturated carbocycles. The van der Waals surface area contributed by atoms with Crippen LogP contribution in [0.5, 0.6) is 0 Å². The second kappa shape index (κ2) is 7.80. The first-order valence-corrected chi connectivity index (χ1v) is 9.69. The number of benzene rings is 2. The fourth-order valence-corrected chi connectivity index (χ4v) is 3.30. The lowest BCUT2D eigenvalue weighted by atomic mass is 10.0. The Kier molecular flexibility index (Phi) is 5.03. The van der Waals surface area contributed by atoms with Crippen LogP contribution in [0, 0.1) is 11.3 Å². The summed E-state index contributed by atoms with van der Waals surface area (Å²) in [5.41, 5.74) is 5.42. The quantitative estimate of drug-likeness (QED) is 0.503. The van der Waals surface area contributed by atoms with Crippen molar-refractivity contribution >= 4 is 17.2 Å². The van der Waals surface area contributed by atoms with Crippen molar-refractivity contribution in [2.75, 3.05) is 11.9 Å². The van der Waals surface area contributed by atoms with Gasteiger partial charge in [-0.15, -0.1) is 0 Å². The van der Waals surface area contributed by atoms with E-state index >= 15 is 0 Å². The number of rotatable bonds is 4. The lowest BCUT2D eigenvalue weighted by molar-refractivity contribution is 0.0988. The summed E-state index contributed by atoms with van der Waals surface area (Å²) in [6, 6.07) is 17.3. The molecule has 0 aliphatic heterocycles. The summed E-state index contributed by atoms with van der Waals surface area (Å²) in [7, 11) is 1.69. The first-order chi connectivity index (χ1) is 14.5. The number of carbonyl (C=O) groups excluding carboxylic acids is 1. The van der Waals surface area contributed by atoms with E-state index in [1.165, 1.54) is 10.5 Å². The van der Waals surface area contributed by atoms with Crippen molar-refractivity contribution in [3.63, 3.8) is 0 Å². The maximum Gasteiger partial charge on any atom is 0.278 e. The third kappa shape index (κ3) is 3.53. The van der Waals surface area contributed by atoms with Crippen LogP contribution in [-0.2, 0) is 0 Å². The second-order valence-corrected chi connectivity index (χ2v) is 7.44. The van der Waals surface area contributed by atoms with E-state index in [2.05, 4.69) is 54.2 Å². The highest BCUT2D eigenvalue weighted by Crippen LogP contribution is 2.24. The zero-order valence-electron chi connectivity index (χ0n) is 17.1. The van der Waals surface area contributed by atoms with Gasteiger partial charge in [-0.2, -0.15) is 5.26 Å². The Morgan fingerprint density at radius 3 is 2.37 bits per heavy atom. The average Bonchev–Trinajstić information content (AvgIpc) is 3.21. The van der Waals surface area contributed by atoms with E-state index in [0.717, 1.165) is 11.3 Å². The largest absolute Gasteiger partial charge is 0.310 e. The van der Waals surface area contributed by atoms with Crippen LogP contribution in [0.4, 0.5) is 5.69 Å². The highest BCUT2D eigenvalue weighted by Gasteiger charge is 2.17. The third-order valence-electron chi connectivity index (χ3n) is 5.18. The van der Waals surface area contributed by atoms with Crippen molar-refractivity contribution in [1.82, 2.24) is 14.4 Å². The van der Waals surface area contributed by atoms with E-state index in [9.17, 15) is 4.79 Å². The predicted octanol–water partition coefficient (Wildman–Crippen LogP) is 4.67. The normalized spacial score (nSPS) is 10.9. The van der Waals surface area contributed by atoms with Gasteiger partial charge in [0.15, 0.2) is 5.65 Å². The Morgan fingerprint density at radius 1 is 1.03 bits per heavy atom. The van der Waals surface area contributed by atoms with Crippen LogP contribution in [0.1, 0.15) is 41.4 Å². The van der Waals surface area contributed by atoms with Gasteiger partial charge >= 0.3 is 0 Å². The van der Waals surface area contributed by atoms with E-state index in [1.807, 2.05) is 4.40 Å². The maximum atomic E-state index is 13.0. The van der Waals surface area contributed by atoms with Crippen LogP contribution in [0.15, 0.2) is 67.1 Å². The molecule has 0 radical (unpaired) electrons. The number of aromatic nitrogens is 3. The highest BCUT2D eigenvalue weighted by atomic mass is 16.2. The molecule has 0 N–H and O–H groups in total. The van der Waals surface area contributed by atoms with Gasteiger partial charge in [-0.25, -0.2) is 9.97 Å². The van der Waals surface area contributed by atoms with E-state index in [1.54, 1.807) is 49.9 Å². The summed E-state index contributed by atoms with van der Waals surface area (Å²) >= 11 is 0. The Morgan fingerprint density at radius 2 is 1.73 bits per heavy atom. The summed E-state index contributed by atoms with van der Waals surface area (Å²) < 4.78 is 1.89. The third-order valence-corrected chi connectivity index (χ3v) is 5.18. The van der Waals surface area contributed by atoms with Crippen molar-refractivity contribution in [3.8, 4) is 17.3 Å². The van der Waals surface area contributed by atoms with Gasteiger partial charge in [-0.1, -0.05) is 38.1 Å². The molecule has 148 valence electrons. The van der Waals surface area contributed by atoms with Crippen molar-refractivity contribution in [2.24, 2.45) is 0 Å². The minimum Gasteiger partial charge on any atom is -0.310 e. The molecule has 2 heterocycles. The van der Waals surface area contributed by atoms with Gasteiger partial charge in [-0.05, 0) is 35.7 Å². The standard InChI is InChI=1S/C24H21N5O/c1-16(2)18-6-8-19(9-7-18)22-13-27-23-14-26-21(15-29(22)23)24(30)28(3)20-10-4-17(12-25)5-11-20/h4-11,13-16H,1-3H3. The van der Waals surface area contributed by atoms with Crippen LogP contribution in [0.2, 0.25) is 0 Å². The highest BCUT2D eigenvalue weighted by molar-refractivity contribution is 6.04.